The second-order valence-electron chi connectivity index (χ2n) is 5.15. The molecule has 1 aliphatic rings. The van der Waals surface area contributed by atoms with Crippen LogP contribution in [-0.2, 0) is 14.4 Å². The molecule has 9 nitrogen and oxygen atoms in total. The lowest BCUT2D eigenvalue weighted by Gasteiger charge is -2.19. The molecular formula is C15H16N4O5. The van der Waals surface area contributed by atoms with E-state index in [1.165, 1.54) is 18.2 Å². The lowest BCUT2D eigenvalue weighted by atomic mass is 10.2. The predicted molar refractivity (Wildman–Crippen MR) is 84.7 cm³/mol. The molecule has 24 heavy (non-hydrogen) atoms. The van der Waals surface area contributed by atoms with Gasteiger partial charge in [0.1, 0.15) is 23.8 Å². The van der Waals surface area contributed by atoms with Gasteiger partial charge in [-0.25, -0.2) is 4.99 Å². The Bertz CT molecular complexity index is 739. The smallest absolute Gasteiger partial charge is 0.323 e. The molecule has 0 radical (unpaired) electrons. The highest BCUT2D eigenvalue weighted by atomic mass is 16.4. The lowest BCUT2D eigenvalue weighted by molar-refractivity contribution is -0.140. The fourth-order valence-corrected chi connectivity index (χ4v) is 2.18. The number of aliphatic imine (C=N–C) groups is 1. The summed E-state index contributed by atoms with van der Waals surface area (Å²) in [6, 6.07) is 5.01. The Kier molecular flexibility index (Phi) is 4.95. The maximum Gasteiger partial charge on any atom is 0.323 e. The third-order valence-corrected chi connectivity index (χ3v) is 3.22. The summed E-state index contributed by atoms with van der Waals surface area (Å²) in [5, 5.41) is 18.2. The van der Waals surface area contributed by atoms with E-state index in [4.69, 9.17) is 16.6 Å². The van der Waals surface area contributed by atoms with E-state index in [0.717, 1.165) is 4.90 Å². The van der Waals surface area contributed by atoms with Crippen molar-refractivity contribution in [3.63, 3.8) is 0 Å². The maximum atomic E-state index is 12.4. The van der Waals surface area contributed by atoms with Gasteiger partial charge in [0.15, 0.2) is 0 Å². The van der Waals surface area contributed by atoms with Crippen molar-refractivity contribution in [1.29, 1.82) is 0 Å². The van der Waals surface area contributed by atoms with Crippen LogP contribution in [0.1, 0.15) is 12.0 Å². The van der Waals surface area contributed by atoms with Crippen LogP contribution in [-0.4, -0.2) is 51.3 Å². The third-order valence-electron chi connectivity index (χ3n) is 3.22. The van der Waals surface area contributed by atoms with Crippen molar-refractivity contribution in [2.24, 2.45) is 16.5 Å². The van der Waals surface area contributed by atoms with Gasteiger partial charge in [0, 0.05) is 6.42 Å². The number of rotatable bonds is 6. The fraction of sp³-hybridized carbons (Fsp3) is 0.200. The van der Waals surface area contributed by atoms with E-state index >= 15 is 0 Å². The molecule has 0 saturated carbocycles. The number of phenolic OH excluding ortho intramolecular Hbond substituents is 1. The molecule has 1 atom stereocenters. The van der Waals surface area contributed by atoms with Crippen molar-refractivity contribution in [1.82, 2.24) is 4.90 Å². The van der Waals surface area contributed by atoms with Crippen molar-refractivity contribution in [2.75, 3.05) is 6.54 Å². The number of carbonyl (C=O) groups excluding carboxylic acids is 2. The molecule has 0 bridgehead atoms. The molecule has 1 aliphatic heterocycles. The number of carbonyl (C=O) groups is 3. The van der Waals surface area contributed by atoms with E-state index in [1.807, 2.05) is 0 Å². The number of nitrogens with zero attached hydrogens (tertiary/aromatic N) is 2. The van der Waals surface area contributed by atoms with Gasteiger partial charge in [-0.1, -0.05) is 12.1 Å². The molecular weight excluding hydrogens is 316 g/mol. The number of primary amides is 1. The molecule has 126 valence electrons. The molecule has 0 aromatic heterocycles. The second-order valence-corrected chi connectivity index (χ2v) is 5.15. The standard InChI is InChI=1S/C15H16N4O5/c16-10(6-12(17)21)14-18-11(15(24)19(14)7-13(22)23)5-8-1-3-9(20)4-2-8/h1-5,10,20H,6-7,16H2,(H2,17,21)(H,22,23)/b11-5-/t10-/m0/s1. The Labute approximate surface area is 136 Å². The molecule has 2 rings (SSSR count). The number of hydrogen-bond donors (Lipinski definition) is 4. The first-order chi connectivity index (χ1) is 11.3. The van der Waals surface area contributed by atoms with Gasteiger partial charge < -0.3 is 21.7 Å². The number of aliphatic carboxylic acids is 1. The minimum absolute atomic E-state index is 0.0168. The minimum atomic E-state index is -1.24. The first-order valence-electron chi connectivity index (χ1n) is 6.94. The predicted octanol–water partition coefficient (Wildman–Crippen LogP) is -0.739. The summed E-state index contributed by atoms with van der Waals surface area (Å²) >= 11 is 0. The number of benzene rings is 1. The Morgan fingerprint density at radius 2 is 1.92 bits per heavy atom. The number of amidine groups is 1. The highest BCUT2D eigenvalue weighted by Gasteiger charge is 2.35. The highest BCUT2D eigenvalue weighted by Crippen LogP contribution is 2.21. The van der Waals surface area contributed by atoms with Gasteiger partial charge in [-0.2, -0.15) is 0 Å². The summed E-state index contributed by atoms with van der Waals surface area (Å²) in [7, 11) is 0. The van der Waals surface area contributed by atoms with Gasteiger partial charge in [0.2, 0.25) is 5.91 Å². The molecule has 0 aliphatic carbocycles. The van der Waals surface area contributed by atoms with E-state index in [-0.39, 0.29) is 23.7 Å². The van der Waals surface area contributed by atoms with Crippen molar-refractivity contribution >= 4 is 29.7 Å². The van der Waals surface area contributed by atoms with Crippen LogP contribution in [0, 0.1) is 0 Å². The zero-order chi connectivity index (χ0) is 17.9. The number of carboxylic acids is 1. The van der Waals surface area contributed by atoms with Crippen LogP contribution >= 0.6 is 0 Å². The van der Waals surface area contributed by atoms with E-state index in [2.05, 4.69) is 4.99 Å². The van der Waals surface area contributed by atoms with Gasteiger partial charge in [0.25, 0.3) is 5.91 Å². The van der Waals surface area contributed by atoms with Crippen molar-refractivity contribution in [3.05, 3.63) is 35.5 Å². The number of hydrogen-bond acceptors (Lipinski definition) is 6. The number of phenols is 1. The molecule has 1 aromatic carbocycles. The molecule has 2 amide bonds. The molecule has 1 aromatic rings. The summed E-state index contributed by atoms with van der Waals surface area (Å²) in [6.07, 6.45) is 1.16. The number of carboxylic acid groups (broad SMARTS) is 1. The van der Waals surface area contributed by atoms with Gasteiger partial charge in [-0.15, -0.1) is 0 Å². The summed E-state index contributed by atoms with van der Waals surface area (Å²) in [6.45, 7) is -0.628. The summed E-state index contributed by atoms with van der Waals surface area (Å²) < 4.78 is 0. The fourth-order valence-electron chi connectivity index (χ4n) is 2.18. The van der Waals surface area contributed by atoms with E-state index in [1.54, 1.807) is 12.1 Å². The lowest BCUT2D eigenvalue weighted by Crippen LogP contribution is -2.47. The average molecular weight is 332 g/mol. The zero-order valence-electron chi connectivity index (χ0n) is 12.5. The topological polar surface area (TPSA) is 159 Å². The number of nitrogens with two attached hydrogens (primary N) is 2. The Balaban J connectivity index is 2.36. The van der Waals surface area contributed by atoms with Crippen LogP contribution in [0.15, 0.2) is 35.0 Å². The summed E-state index contributed by atoms with van der Waals surface area (Å²) in [5.41, 5.74) is 11.5. The second kappa shape index (κ2) is 6.92. The summed E-state index contributed by atoms with van der Waals surface area (Å²) in [5.74, 6) is -2.53. The van der Waals surface area contributed by atoms with Gasteiger partial charge in [-0.05, 0) is 23.8 Å². The first kappa shape index (κ1) is 17.2. The van der Waals surface area contributed by atoms with Crippen LogP contribution in [0.2, 0.25) is 0 Å². The monoisotopic (exact) mass is 332 g/mol. The van der Waals surface area contributed by atoms with Crippen molar-refractivity contribution in [2.45, 2.75) is 12.5 Å². The Morgan fingerprint density at radius 1 is 1.29 bits per heavy atom. The minimum Gasteiger partial charge on any atom is -0.508 e. The maximum absolute atomic E-state index is 12.4. The average Bonchev–Trinajstić information content (AvgIpc) is 2.78. The van der Waals surface area contributed by atoms with Crippen LogP contribution in [0.25, 0.3) is 6.08 Å². The van der Waals surface area contributed by atoms with E-state index < -0.39 is 30.4 Å². The quantitative estimate of drug-likeness (QED) is 0.502. The van der Waals surface area contributed by atoms with E-state index in [9.17, 15) is 19.5 Å². The van der Waals surface area contributed by atoms with Crippen LogP contribution in [0.5, 0.6) is 5.75 Å². The van der Waals surface area contributed by atoms with Crippen molar-refractivity contribution < 1.29 is 24.6 Å². The largest absolute Gasteiger partial charge is 0.508 e. The third kappa shape index (κ3) is 3.96. The Morgan fingerprint density at radius 3 is 2.46 bits per heavy atom. The molecule has 0 spiro atoms. The molecule has 1 heterocycles. The first-order valence-corrected chi connectivity index (χ1v) is 6.94. The molecule has 6 N–H and O–H groups in total. The SMILES string of the molecule is NC(=O)C[C@H](N)C1=N/C(=C\c2ccc(O)cc2)C(=O)N1CC(=O)O. The highest BCUT2D eigenvalue weighted by molar-refractivity contribution is 6.17. The van der Waals surface area contributed by atoms with Crippen LogP contribution < -0.4 is 11.5 Å². The number of amides is 2. The van der Waals surface area contributed by atoms with Crippen LogP contribution in [0.4, 0.5) is 0 Å². The summed E-state index contributed by atoms with van der Waals surface area (Å²) in [4.78, 5) is 39.3. The van der Waals surface area contributed by atoms with Gasteiger partial charge >= 0.3 is 5.97 Å². The normalized spacial score (nSPS) is 17.0. The molecule has 0 unspecified atom stereocenters. The van der Waals surface area contributed by atoms with E-state index in [0.29, 0.717) is 5.56 Å². The number of aromatic hydroxyl groups is 1. The van der Waals surface area contributed by atoms with Crippen molar-refractivity contribution in [3.8, 4) is 5.75 Å². The molecule has 9 heteroatoms. The van der Waals surface area contributed by atoms with Crippen LogP contribution in [0.3, 0.4) is 0 Å². The zero-order valence-corrected chi connectivity index (χ0v) is 12.5. The molecule has 0 fully saturated rings. The van der Waals surface area contributed by atoms with Gasteiger partial charge in [0.05, 0.1) is 6.04 Å². The van der Waals surface area contributed by atoms with Gasteiger partial charge in [-0.3, -0.25) is 19.3 Å². The Hall–Kier alpha value is -3.20. The molecule has 0 saturated heterocycles.